The van der Waals surface area contributed by atoms with Crippen LogP contribution < -0.4 is 4.90 Å². The Balaban J connectivity index is 3.16. The van der Waals surface area contributed by atoms with Gasteiger partial charge in [-0.3, -0.25) is 14.5 Å². The van der Waals surface area contributed by atoms with E-state index in [0.717, 1.165) is 0 Å². The Morgan fingerprint density at radius 1 is 1.24 bits per heavy atom. The average molecular weight is 391 g/mol. The molecule has 1 aromatic carbocycles. The van der Waals surface area contributed by atoms with Crippen molar-refractivity contribution in [3.63, 3.8) is 0 Å². The molecule has 0 heterocycles. The molecule has 0 unspecified atom stereocenters. The first-order valence-electron chi connectivity index (χ1n) is 5.51. The smallest absolute Gasteiger partial charge is 0.300 e. The van der Waals surface area contributed by atoms with Crippen molar-refractivity contribution in [2.45, 2.75) is 12.3 Å². The second-order valence-electron chi connectivity index (χ2n) is 3.96. The zero-order valence-electron chi connectivity index (χ0n) is 10.3. The number of anilines is 1. The maximum absolute atomic E-state index is 13.2. The number of alkyl halides is 5. The molecule has 9 heteroatoms. The van der Waals surface area contributed by atoms with Crippen LogP contribution in [-0.2, 0) is 9.59 Å². The predicted molar refractivity (Wildman–Crippen MR) is 73.6 cm³/mol. The molecule has 1 aromatic rings. The van der Waals surface area contributed by atoms with Crippen LogP contribution in [-0.4, -0.2) is 35.9 Å². The predicted octanol–water partition coefficient (Wildman–Crippen LogP) is 3.54. The van der Waals surface area contributed by atoms with Gasteiger partial charge < -0.3 is 0 Å². The summed E-state index contributed by atoms with van der Waals surface area (Å²) in [5, 5.41) is 0.0588. The molecule has 0 aliphatic heterocycles. The van der Waals surface area contributed by atoms with Crippen molar-refractivity contribution in [3.8, 4) is 0 Å². The topological polar surface area (TPSA) is 37.4 Å². The van der Waals surface area contributed by atoms with Crippen LogP contribution in [0.4, 0.5) is 23.2 Å². The van der Waals surface area contributed by atoms with Crippen molar-refractivity contribution in [2.24, 2.45) is 0 Å². The fraction of sp³-hybridized carbons (Fsp3) is 0.333. The number of nitrogens with zero attached hydrogens (tertiary/aromatic N) is 1. The number of amides is 1. The van der Waals surface area contributed by atoms with Crippen LogP contribution >= 0.6 is 27.5 Å². The van der Waals surface area contributed by atoms with Gasteiger partial charge in [-0.2, -0.15) is 8.78 Å². The second-order valence-corrected chi connectivity index (χ2v) is 4.96. The Kier molecular flexibility index (Phi) is 6.15. The lowest BCUT2D eigenvalue weighted by Gasteiger charge is -2.26. The van der Waals surface area contributed by atoms with E-state index in [1.165, 1.54) is 24.3 Å². The molecular formula is C12H9BrClF4NO2. The summed E-state index contributed by atoms with van der Waals surface area (Å²) in [6, 6.07) is 4.94. The van der Waals surface area contributed by atoms with Gasteiger partial charge in [0.05, 0.1) is 11.9 Å². The summed E-state index contributed by atoms with van der Waals surface area (Å²) in [5.41, 5.74) is -0.126. The third kappa shape index (κ3) is 4.41. The van der Waals surface area contributed by atoms with Gasteiger partial charge in [0.25, 0.3) is 0 Å². The molecule has 0 fully saturated rings. The lowest BCUT2D eigenvalue weighted by atomic mass is 10.2. The molecule has 0 spiro atoms. The summed E-state index contributed by atoms with van der Waals surface area (Å²) in [7, 11) is 0. The van der Waals surface area contributed by atoms with Crippen molar-refractivity contribution in [2.75, 3.05) is 16.8 Å². The first-order valence-corrected chi connectivity index (χ1v) is 7.01. The van der Waals surface area contributed by atoms with Gasteiger partial charge >= 0.3 is 18.3 Å². The van der Waals surface area contributed by atoms with Gasteiger partial charge in [-0.1, -0.05) is 27.5 Å². The molecule has 0 saturated heterocycles. The SMILES string of the molecule is O=C(CBr)CN(C(=O)C(F)(F)C(F)F)c1ccc(Cl)cc1. The van der Waals surface area contributed by atoms with E-state index >= 15 is 0 Å². The van der Waals surface area contributed by atoms with E-state index in [0.29, 0.717) is 4.90 Å². The molecule has 3 nitrogen and oxygen atoms in total. The van der Waals surface area contributed by atoms with E-state index in [4.69, 9.17) is 11.6 Å². The molecule has 21 heavy (non-hydrogen) atoms. The van der Waals surface area contributed by atoms with E-state index in [1.807, 2.05) is 0 Å². The van der Waals surface area contributed by atoms with Gasteiger partial charge in [0.1, 0.15) is 0 Å². The van der Waals surface area contributed by atoms with Crippen molar-refractivity contribution < 1.29 is 27.2 Å². The Morgan fingerprint density at radius 2 is 1.76 bits per heavy atom. The Morgan fingerprint density at radius 3 is 2.19 bits per heavy atom. The molecule has 0 radical (unpaired) electrons. The van der Waals surface area contributed by atoms with E-state index < -0.39 is 30.6 Å². The number of rotatable bonds is 6. The maximum Gasteiger partial charge on any atom is 0.384 e. The highest BCUT2D eigenvalue weighted by atomic mass is 79.9. The Labute approximate surface area is 131 Å². The maximum atomic E-state index is 13.2. The third-order valence-corrected chi connectivity index (χ3v) is 3.30. The summed E-state index contributed by atoms with van der Waals surface area (Å²) in [5.74, 6) is -7.65. The van der Waals surface area contributed by atoms with Crippen LogP contribution in [0.3, 0.4) is 0 Å². The first kappa shape index (κ1) is 17.9. The fourth-order valence-corrected chi connectivity index (χ4v) is 1.70. The number of ketones is 1. The third-order valence-electron chi connectivity index (χ3n) is 2.43. The molecule has 0 aliphatic rings. The minimum absolute atomic E-state index is 0.126. The van der Waals surface area contributed by atoms with Gasteiger partial charge in [-0.25, -0.2) is 8.78 Å². The molecule has 0 N–H and O–H groups in total. The normalized spacial score (nSPS) is 11.6. The quantitative estimate of drug-likeness (QED) is 0.550. The Bertz CT molecular complexity index is 524. The zero-order valence-corrected chi connectivity index (χ0v) is 12.7. The number of hydrogen-bond donors (Lipinski definition) is 0. The van der Waals surface area contributed by atoms with Gasteiger partial charge in [-0.15, -0.1) is 0 Å². The Hall–Kier alpha value is -1.15. The van der Waals surface area contributed by atoms with E-state index in [9.17, 15) is 27.2 Å². The van der Waals surface area contributed by atoms with Crippen molar-refractivity contribution in [1.29, 1.82) is 0 Å². The van der Waals surface area contributed by atoms with E-state index in [-0.39, 0.29) is 16.0 Å². The summed E-state index contributed by atoms with van der Waals surface area (Å²) < 4.78 is 51.1. The number of halogens is 6. The highest BCUT2D eigenvalue weighted by molar-refractivity contribution is 9.09. The molecule has 0 saturated carbocycles. The van der Waals surface area contributed by atoms with Gasteiger partial charge in [0, 0.05) is 10.7 Å². The molecule has 0 bridgehead atoms. The standard InChI is InChI=1S/C12H9BrClF4NO2/c13-5-9(20)6-19(8-3-1-7(14)2-4-8)11(21)12(17,18)10(15)16/h1-4,10H,5-6H2. The van der Waals surface area contributed by atoms with Crippen molar-refractivity contribution in [1.82, 2.24) is 0 Å². The number of carbonyl (C=O) groups excluding carboxylic acids is 2. The number of hydrogen-bond acceptors (Lipinski definition) is 2. The first-order chi connectivity index (χ1) is 9.70. The lowest BCUT2D eigenvalue weighted by Crippen LogP contribution is -2.49. The molecule has 1 amide bonds. The molecule has 0 atom stereocenters. The molecule has 1 rings (SSSR count). The molecule has 116 valence electrons. The summed E-state index contributed by atoms with van der Waals surface area (Å²) in [4.78, 5) is 23.3. The van der Waals surface area contributed by atoms with Crippen LogP contribution in [0.15, 0.2) is 24.3 Å². The largest absolute Gasteiger partial charge is 0.384 e. The zero-order chi connectivity index (χ0) is 16.2. The minimum Gasteiger partial charge on any atom is -0.300 e. The van der Waals surface area contributed by atoms with Gasteiger partial charge in [-0.05, 0) is 24.3 Å². The van der Waals surface area contributed by atoms with Crippen LogP contribution in [0.25, 0.3) is 0 Å². The van der Waals surface area contributed by atoms with Crippen LogP contribution in [0.2, 0.25) is 5.02 Å². The molecule has 0 aliphatic carbocycles. The van der Waals surface area contributed by atoms with Gasteiger partial charge in [0.15, 0.2) is 5.78 Å². The van der Waals surface area contributed by atoms with Crippen LogP contribution in [0, 0.1) is 0 Å². The van der Waals surface area contributed by atoms with Crippen molar-refractivity contribution in [3.05, 3.63) is 29.3 Å². The van der Waals surface area contributed by atoms with Crippen molar-refractivity contribution >= 4 is 44.9 Å². The summed E-state index contributed by atoms with van der Waals surface area (Å²) in [6.07, 6.45) is -4.17. The molecular weight excluding hydrogens is 381 g/mol. The van der Waals surface area contributed by atoms with E-state index in [1.54, 1.807) is 0 Å². The number of benzene rings is 1. The highest BCUT2D eigenvalue weighted by Gasteiger charge is 2.51. The summed E-state index contributed by atoms with van der Waals surface area (Å²) >= 11 is 8.43. The summed E-state index contributed by atoms with van der Waals surface area (Å²) in [6.45, 7) is -0.756. The number of carbonyl (C=O) groups is 2. The van der Waals surface area contributed by atoms with Crippen LogP contribution in [0.5, 0.6) is 0 Å². The van der Waals surface area contributed by atoms with Gasteiger partial charge in [0.2, 0.25) is 0 Å². The monoisotopic (exact) mass is 389 g/mol. The lowest BCUT2D eigenvalue weighted by molar-refractivity contribution is -0.166. The fourth-order valence-electron chi connectivity index (χ4n) is 1.39. The van der Waals surface area contributed by atoms with E-state index in [2.05, 4.69) is 15.9 Å². The van der Waals surface area contributed by atoms with Crippen LogP contribution in [0.1, 0.15) is 0 Å². The number of Topliss-reactive ketones (excluding diaryl/α,β-unsaturated/α-hetero) is 1. The average Bonchev–Trinajstić information content (AvgIpc) is 2.44. The minimum atomic E-state index is -4.88. The second kappa shape index (κ2) is 7.22. The highest BCUT2D eigenvalue weighted by Crippen LogP contribution is 2.28. The molecule has 0 aromatic heterocycles.